The molecule has 0 spiro atoms. The van der Waals surface area contributed by atoms with Gasteiger partial charge >= 0.3 is 0 Å². The summed E-state index contributed by atoms with van der Waals surface area (Å²) in [6.45, 7) is 1.62. The highest BCUT2D eigenvalue weighted by Crippen LogP contribution is 2.33. The van der Waals surface area contributed by atoms with E-state index >= 15 is 0 Å². The lowest BCUT2D eigenvalue weighted by molar-refractivity contribution is -0.124. The Morgan fingerprint density at radius 1 is 1.35 bits per heavy atom. The van der Waals surface area contributed by atoms with Crippen molar-refractivity contribution in [3.63, 3.8) is 0 Å². The number of amides is 1. The van der Waals surface area contributed by atoms with Gasteiger partial charge < -0.3 is 14.9 Å². The van der Waals surface area contributed by atoms with Gasteiger partial charge in [-0.25, -0.2) is 0 Å². The Morgan fingerprint density at radius 3 is 2.65 bits per heavy atom. The van der Waals surface area contributed by atoms with Crippen molar-refractivity contribution in [2.24, 2.45) is 5.92 Å². The number of aliphatic hydroxyl groups is 1. The number of nitrogens with zero attached hydrogens (tertiary/aromatic N) is 2. The number of aromatic nitrogens is 2. The molecular formula is C14H21N3O3. The number of aliphatic hydroxyl groups excluding tert-OH is 1. The van der Waals surface area contributed by atoms with Gasteiger partial charge in [-0.3, -0.25) is 4.79 Å². The number of carbonyl (C=O) groups excluding carboxylic acids is 1. The normalized spacial score (nSPS) is 22.7. The lowest BCUT2D eigenvalue weighted by atomic mass is 10.1. The average molecular weight is 279 g/mol. The highest BCUT2D eigenvalue weighted by molar-refractivity contribution is 5.81. The first kappa shape index (κ1) is 13.5. The largest absolute Gasteiger partial charge is 0.391 e. The van der Waals surface area contributed by atoms with E-state index in [2.05, 4.69) is 15.5 Å². The summed E-state index contributed by atoms with van der Waals surface area (Å²) < 4.78 is 5.27. The zero-order chi connectivity index (χ0) is 14.1. The minimum Gasteiger partial charge on any atom is -0.391 e. The predicted octanol–water partition coefficient (Wildman–Crippen LogP) is 1.68. The molecular weight excluding hydrogens is 258 g/mol. The molecule has 1 aromatic heterocycles. The summed E-state index contributed by atoms with van der Waals surface area (Å²) in [5.74, 6) is 1.45. The lowest BCUT2D eigenvalue weighted by Gasteiger charge is -2.17. The van der Waals surface area contributed by atoms with Crippen LogP contribution in [0.1, 0.15) is 69.1 Å². The zero-order valence-electron chi connectivity index (χ0n) is 11.7. The molecule has 2 atom stereocenters. The molecule has 2 unspecified atom stereocenters. The van der Waals surface area contributed by atoms with Crippen LogP contribution in [0.5, 0.6) is 0 Å². The molecule has 2 N–H and O–H groups in total. The number of hydrogen-bond donors (Lipinski definition) is 2. The summed E-state index contributed by atoms with van der Waals surface area (Å²) >= 11 is 0. The first-order valence-corrected chi connectivity index (χ1v) is 7.47. The van der Waals surface area contributed by atoms with Crippen LogP contribution >= 0.6 is 0 Å². The Bertz CT molecular complexity index is 476. The van der Waals surface area contributed by atoms with E-state index in [1.54, 1.807) is 6.92 Å². The minimum atomic E-state index is -0.755. The molecule has 0 aromatic carbocycles. The topological polar surface area (TPSA) is 88.2 Å². The molecule has 2 fully saturated rings. The van der Waals surface area contributed by atoms with Gasteiger partial charge in [0.1, 0.15) is 6.04 Å². The Morgan fingerprint density at radius 2 is 2.05 bits per heavy atom. The SMILES string of the molecule is CC(O)C(NC(=O)C1CC1)c1nc(C2CCCC2)no1. The maximum Gasteiger partial charge on any atom is 0.251 e. The van der Waals surface area contributed by atoms with Crippen LogP contribution in [-0.4, -0.2) is 27.3 Å². The molecule has 6 nitrogen and oxygen atoms in total. The molecule has 1 aromatic rings. The highest BCUT2D eigenvalue weighted by Gasteiger charge is 2.34. The summed E-state index contributed by atoms with van der Waals surface area (Å²) in [5.41, 5.74) is 0. The molecule has 1 heterocycles. The van der Waals surface area contributed by atoms with Crippen LogP contribution in [0, 0.1) is 5.92 Å². The summed E-state index contributed by atoms with van der Waals surface area (Å²) in [6.07, 6.45) is 5.68. The van der Waals surface area contributed by atoms with E-state index in [1.807, 2.05) is 0 Å². The standard InChI is InChI=1S/C14H21N3O3/c1-8(18)11(15-13(19)10-6-7-10)14-16-12(17-20-14)9-4-2-3-5-9/h8-11,18H,2-7H2,1H3,(H,15,19). The third-order valence-corrected chi connectivity index (χ3v) is 4.17. The average Bonchev–Trinajstić information content (AvgIpc) is 2.93. The monoisotopic (exact) mass is 279 g/mol. The van der Waals surface area contributed by atoms with Crippen molar-refractivity contribution >= 4 is 5.91 Å². The fourth-order valence-corrected chi connectivity index (χ4v) is 2.73. The Hall–Kier alpha value is -1.43. The van der Waals surface area contributed by atoms with E-state index in [0.29, 0.717) is 17.6 Å². The van der Waals surface area contributed by atoms with Crippen LogP contribution in [0.3, 0.4) is 0 Å². The second-order valence-corrected chi connectivity index (χ2v) is 5.97. The highest BCUT2D eigenvalue weighted by atomic mass is 16.5. The van der Waals surface area contributed by atoms with Crippen molar-refractivity contribution < 1.29 is 14.4 Å². The van der Waals surface area contributed by atoms with Gasteiger partial charge in [0.05, 0.1) is 6.10 Å². The molecule has 3 rings (SSSR count). The maximum absolute atomic E-state index is 11.8. The van der Waals surface area contributed by atoms with E-state index in [0.717, 1.165) is 25.7 Å². The van der Waals surface area contributed by atoms with Crippen molar-refractivity contribution in [3.05, 3.63) is 11.7 Å². The summed E-state index contributed by atoms with van der Waals surface area (Å²) in [5, 5.41) is 16.7. The Balaban J connectivity index is 1.71. The second kappa shape index (κ2) is 5.52. The van der Waals surface area contributed by atoms with Crippen molar-refractivity contribution in [1.29, 1.82) is 0 Å². The van der Waals surface area contributed by atoms with Crippen LogP contribution in [0.15, 0.2) is 4.52 Å². The van der Waals surface area contributed by atoms with Crippen LogP contribution < -0.4 is 5.32 Å². The molecule has 20 heavy (non-hydrogen) atoms. The minimum absolute atomic E-state index is 0.0310. The van der Waals surface area contributed by atoms with E-state index in [1.165, 1.54) is 12.8 Å². The van der Waals surface area contributed by atoms with Crippen molar-refractivity contribution in [1.82, 2.24) is 15.5 Å². The van der Waals surface area contributed by atoms with Crippen LogP contribution in [0.4, 0.5) is 0 Å². The number of nitrogens with one attached hydrogen (secondary N) is 1. The van der Waals surface area contributed by atoms with Crippen molar-refractivity contribution in [2.45, 2.75) is 63.5 Å². The molecule has 2 aliphatic rings. The fourth-order valence-electron chi connectivity index (χ4n) is 2.73. The Kier molecular flexibility index (Phi) is 3.74. The van der Waals surface area contributed by atoms with Gasteiger partial charge in [0.25, 0.3) is 5.89 Å². The summed E-state index contributed by atoms with van der Waals surface area (Å²) in [6, 6.07) is -0.606. The van der Waals surface area contributed by atoms with E-state index in [9.17, 15) is 9.90 Å². The molecule has 6 heteroatoms. The smallest absolute Gasteiger partial charge is 0.251 e. The number of carbonyl (C=O) groups is 1. The fraction of sp³-hybridized carbons (Fsp3) is 0.786. The van der Waals surface area contributed by atoms with Gasteiger partial charge in [-0.2, -0.15) is 4.98 Å². The quantitative estimate of drug-likeness (QED) is 0.856. The second-order valence-electron chi connectivity index (χ2n) is 5.97. The van der Waals surface area contributed by atoms with Gasteiger partial charge in [-0.15, -0.1) is 0 Å². The third kappa shape index (κ3) is 2.85. The molecule has 0 bridgehead atoms. The van der Waals surface area contributed by atoms with Crippen LogP contribution in [0.25, 0.3) is 0 Å². The summed E-state index contributed by atoms with van der Waals surface area (Å²) in [4.78, 5) is 16.2. The summed E-state index contributed by atoms with van der Waals surface area (Å²) in [7, 11) is 0. The maximum atomic E-state index is 11.8. The van der Waals surface area contributed by atoms with Crippen LogP contribution in [-0.2, 0) is 4.79 Å². The van der Waals surface area contributed by atoms with Gasteiger partial charge in [0.15, 0.2) is 5.82 Å². The zero-order valence-corrected chi connectivity index (χ0v) is 11.7. The number of hydrogen-bond acceptors (Lipinski definition) is 5. The molecule has 2 saturated carbocycles. The Labute approximate surface area is 117 Å². The predicted molar refractivity (Wildman–Crippen MR) is 70.8 cm³/mol. The van der Waals surface area contributed by atoms with E-state index in [-0.39, 0.29) is 11.8 Å². The third-order valence-electron chi connectivity index (χ3n) is 4.17. The van der Waals surface area contributed by atoms with Gasteiger partial charge in [-0.1, -0.05) is 18.0 Å². The number of rotatable bonds is 5. The van der Waals surface area contributed by atoms with E-state index in [4.69, 9.17) is 4.52 Å². The van der Waals surface area contributed by atoms with E-state index < -0.39 is 12.1 Å². The molecule has 2 aliphatic carbocycles. The first-order valence-electron chi connectivity index (χ1n) is 7.47. The van der Waals surface area contributed by atoms with Crippen LogP contribution in [0.2, 0.25) is 0 Å². The molecule has 0 aliphatic heterocycles. The molecule has 0 saturated heterocycles. The van der Waals surface area contributed by atoms with Gasteiger partial charge in [0.2, 0.25) is 5.91 Å². The van der Waals surface area contributed by atoms with Gasteiger partial charge in [0, 0.05) is 11.8 Å². The first-order chi connectivity index (χ1) is 9.65. The van der Waals surface area contributed by atoms with Crippen molar-refractivity contribution in [3.8, 4) is 0 Å². The van der Waals surface area contributed by atoms with Gasteiger partial charge in [-0.05, 0) is 32.6 Å². The lowest BCUT2D eigenvalue weighted by Crippen LogP contribution is -2.36. The molecule has 0 radical (unpaired) electrons. The molecule has 1 amide bonds. The molecule has 110 valence electrons. The van der Waals surface area contributed by atoms with Crippen molar-refractivity contribution in [2.75, 3.05) is 0 Å².